The highest BCUT2D eigenvalue weighted by Crippen LogP contribution is 2.12. The lowest BCUT2D eigenvalue weighted by Gasteiger charge is -2.36. The highest BCUT2D eigenvalue weighted by Gasteiger charge is 2.26. The maximum absolute atomic E-state index is 12.4. The van der Waals surface area contributed by atoms with E-state index in [1.54, 1.807) is 23.9 Å². The van der Waals surface area contributed by atoms with E-state index < -0.39 is 12.0 Å². The number of hydrogen-bond acceptors (Lipinski definition) is 5. The summed E-state index contributed by atoms with van der Waals surface area (Å²) in [7, 11) is 0. The molecule has 1 aromatic rings. The maximum atomic E-state index is 12.4. The van der Waals surface area contributed by atoms with E-state index in [1.807, 2.05) is 23.6 Å². The maximum Gasteiger partial charge on any atom is 0.320 e. The van der Waals surface area contributed by atoms with Crippen LogP contribution in [0, 0.1) is 0 Å². The fraction of sp³-hybridized carbons (Fsp3) is 0.643. The van der Waals surface area contributed by atoms with Crippen molar-refractivity contribution in [1.82, 2.24) is 14.5 Å². The summed E-state index contributed by atoms with van der Waals surface area (Å²) in [5.41, 5.74) is -0.0905. The summed E-state index contributed by atoms with van der Waals surface area (Å²) in [6.07, 6.45) is 3.34. The molecule has 1 fully saturated rings. The van der Waals surface area contributed by atoms with E-state index in [1.165, 1.54) is 0 Å². The minimum Gasteiger partial charge on any atom is -0.480 e. The Morgan fingerprint density at radius 3 is 2.38 bits per heavy atom. The molecule has 0 spiro atoms. The Balaban J connectivity index is 2.11. The summed E-state index contributed by atoms with van der Waals surface area (Å²) in [6, 6.07) is -0.407. The third-order valence-corrected chi connectivity index (χ3v) is 3.93. The molecule has 0 radical (unpaired) electrons. The first-order valence-corrected chi connectivity index (χ1v) is 7.20. The molecular weight excluding hydrogens is 272 g/mol. The van der Waals surface area contributed by atoms with Gasteiger partial charge in [0, 0.05) is 44.6 Å². The van der Waals surface area contributed by atoms with Crippen LogP contribution in [0.15, 0.2) is 17.2 Å². The van der Waals surface area contributed by atoms with Crippen molar-refractivity contribution in [2.24, 2.45) is 0 Å². The molecule has 1 aliphatic rings. The number of carbonyl (C=O) groups is 1. The number of carboxylic acid groups (broad SMARTS) is 1. The van der Waals surface area contributed by atoms with Gasteiger partial charge in [-0.25, -0.2) is 4.98 Å². The summed E-state index contributed by atoms with van der Waals surface area (Å²) in [5.74, 6) is -0.364. The normalized spacial score (nSPS) is 18.0. The molecule has 2 heterocycles. The van der Waals surface area contributed by atoms with Crippen molar-refractivity contribution in [2.45, 2.75) is 32.9 Å². The molecule has 0 aromatic carbocycles. The monoisotopic (exact) mass is 294 g/mol. The summed E-state index contributed by atoms with van der Waals surface area (Å²) in [4.78, 5) is 31.4. The SMILES string of the molecule is CC(C(=O)O)N1CCN(c2nccn(C(C)C)c2=O)CC1. The van der Waals surface area contributed by atoms with Crippen molar-refractivity contribution in [3.63, 3.8) is 0 Å². The minimum absolute atomic E-state index is 0.0903. The van der Waals surface area contributed by atoms with Crippen LogP contribution in [0.4, 0.5) is 5.82 Å². The number of piperazine rings is 1. The van der Waals surface area contributed by atoms with Crippen LogP contribution in [0.3, 0.4) is 0 Å². The van der Waals surface area contributed by atoms with Crippen LogP contribution in [0.5, 0.6) is 0 Å². The summed E-state index contributed by atoms with van der Waals surface area (Å²) in [6.45, 7) is 8.06. The van der Waals surface area contributed by atoms with Gasteiger partial charge in [0.05, 0.1) is 0 Å². The predicted octanol–water partition coefficient (Wildman–Crippen LogP) is 0.419. The van der Waals surface area contributed by atoms with Crippen molar-refractivity contribution < 1.29 is 9.90 Å². The lowest BCUT2D eigenvalue weighted by atomic mass is 10.2. The van der Waals surface area contributed by atoms with Gasteiger partial charge >= 0.3 is 5.97 Å². The highest BCUT2D eigenvalue weighted by atomic mass is 16.4. The third kappa shape index (κ3) is 3.24. The van der Waals surface area contributed by atoms with Crippen LogP contribution in [-0.2, 0) is 4.79 Å². The van der Waals surface area contributed by atoms with Gasteiger partial charge in [0.2, 0.25) is 0 Å². The summed E-state index contributed by atoms with van der Waals surface area (Å²) >= 11 is 0. The molecule has 116 valence electrons. The molecule has 1 atom stereocenters. The van der Waals surface area contributed by atoms with Crippen molar-refractivity contribution in [2.75, 3.05) is 31.1 Å². The van der Waals surface area contributed by atoms with Gasteiger partial charge in [-0.05, 0) is 20.8 Å². The Hall–Kier alpha value is -1.89. The lowest BCUT2D eigenvalue weighted by Crippen LogP contribution is -2.53. The Bertz CT molecular complexity index is 562. The van der Waals surface area contributed by atoms with Crippen molar-refractivity contribution >= 4 is 11.8 Å². The molecule has 1 saturated heterocycles. The van der Waals surface area contributed by atoms with Gasteiger partial charge in [0.15, 0.2) is 5.82 Å². The minimum atomic E-state index is -0.816. The van der Waals surface area contributed by atoms with E-state index in [0.717, 1.165) is 0 Å². The van der Waals surface area contributed by atoms with Gasteiger partial charge in [0.25, 0.3) is 5.56 Å². The number of hydrogen-bond donors (Lipinski definition) is 1. The molecule has 0 aliphatic carbocycles. The van der Waals surface area contributed by atoms with Crippen LogP contribution in [0.25, 0.3) is 0 Å². The standard InChI is InChI=1S/C14H22N4O3/c1-10(2)18-5-4-15-12(13(18)19)17-8-6-16(7-9-17)11(3)14(20)21/h4-5,10-11H,6-9H2,1-3H3,(H,20,21). The van der Waals surface area contributed by atoms with Gasteiger partial charge in [-0.3, -0.25) is 14.5 Å². The van der Waals surface area contributed by atoms with Crippen molar-refractivity contribution in [3.05, 3.63) is 22.7 Å². The molecule has 2 rings (SSSR count). The molecule has 1 unspecified atom stereocenters. The molecule has 1 aliphatic heterocycles. The molecule has 1 aromatic heterocycles. The Morgan fingerprint density at radius 1 is 1.24 bits per heavy atom. The lowest BCUT2D eigenvalue weighted by molar-refractivity contribution is -0.142. The first kappa shape index (κ1) is 15.5. The van der Waals surface area contributed by atoms with Crippen LogP contribution < -0.4 is 10.5 Å². The van der Waals surface area contributed by atoms with E-state index in [9.17, 15) is 9.59 Å². The van der Waals surface area contributed by atoms with Gasteiger partial charge < -0.3 is 14.6 Å². The van der Waals surface area contributed by atoms with Crippen LogP contribution in [0.2, 0.25) is 0 Å². The quantitative estimate of drug-likeness (QED) is 0.867. The van der Waals surface area contributed by atoms with Crippen LogP contribution >= 0.6 is 0 Å². The van der Waals surface area contributed by atoms with E-state index in [4.69, 9.17) is 5.11 Å². The molecule has 21 heavy (non-hydrogen) atoms. The average molecular weight is 294 g/mol. The Kier molecular flexibility index (Phi) is 4.62. The zero-order chi connectivity index (χ0) is 15.6. The summed E-state index contributed by atoms with van der Waals surface area (Å²) < 4.78 is 1.66. The second-order valence-electron chi connectivity index (χ2n) is 5.59. The fourth-order valence-corrected chi connectivity index (χ4v) is 2.51. The van der Waals surface area contributed by atoms with Gasteiger partial charge in [-0.15, -0.1) is 0 Å². The average Bonchev–Trinajstić information content (AvgIpc) is 2.46. The largest absolute Gasteiger partial charge is 0.480 e. The molecular formula is C14H22N4O3. The third-order valence-electron chi connectivity index (χ3n) is 3.93. The Labute approximate surface area is 123 Å². The summed E-state index contributed by atoms with van der Waals surface area (Å²) in [5, 5.41) is 9.04. The van der Waals surface area contributed by atoms with Crippen molar-refractivity contribution in [3.8, 4) is 0 Å². The molecule has 7 heteroatoms. The topological polar surface area (TPSA) is 78.7 Å². The highest BCUT2D eigenvalue weighted by molar-refractivity contribution is 5.72. The van der Waals surface area contributed by atoms with E-state index in [2.05, 4.69) is 4.98 Å². The zero-order valence-electron chi connectivity index (χ0n) is 12.7. The number of aromatic nitrogens is 2. The van der Waals surface area contributed by atoms with Gasteiger partial charge in [0.1, 0.15) is 6.04 Å². The predicted molar refractivity (Wildman–Crippen MR) is 79.8 cm³/mol. The fourth-order valence-electron chi connectivity index (χ4n) is 2.51. The van der Waals surface area contributed by atoms with Crippen LogP contribution in [0.1, 0.15) is 26.8 Å². The number of nitrogens with zero attached hydrogens (tertiary/aromatic N) is 4. The number of carboxylic acids is 1. The number of rotatable bonds is 4. The molecule has 0 saturated carbocycles. The molecule has 0 bridgehead atoms. The smallest absolute Gasteiger partial charge is 0.320 e. The Morgan fingerprint density at radius 2 is 1.86 bits per heavy atom. The molecule has 7 nitrogen and oxygen atoms in total. The molecule has 1 N–H and O–H groups in total. The van der Waals surface area contributed by atoms with Crippen LogP contribution in [-0.4, -0.2) is 57.7 Å². The number of aliphatic carboxylic acids is 1. The first-order valence-electron chi connectivity index (χ1n) is 7.20. The zero-order valence-corrected chi connectivity index (χ0v) is 12.7. The second-order valence-corrected chi connectivity index (χ2v) is 5.59. The van der Waals surface area contributed by atoms with E-state index in [0.29, 0.717) is 32.0 Å². The van der Waals surface area contributed by atoms with Gasteiger partial charge in [-0.1, -0.05) is 0 Å². The van der Waals surface area contributed by atoms with E-state index in [-0.39, 0.29) is 11.6 Å². The van der Waals surface area contributed by atoms with Crippen molar-refractivity contribution in [1.29, 1.82) is 0 Å². The second kappa shape index (κ2) is 6.26. The number of anilines is 1. The van der Waals surface area contributed by atoms with Gasteiger partial charge in [-0.2, -0.15) is 0 Å². The first-order chi connectivity index (χ1) is 9.91. The molecule has 0 amide bonds. The van der Waals surface area contributed by atoms with E-state index >= 15 is 0 Å².